The van der Waals surface area contributed by atoms with E-state index in [1.165, 1.54) is 0 Å². The Bertz CT molecular complexity index is 789. The number of ether oxygens (including phenoxy) is 4. The quantitative estimate of drug-likeness (QED) is 0.842. The highest BCUT2D eigenvalue weighted by Crippen LogP contribution is 2.46. The lowest BCUT2D eigenvalue weighted by Gasteiger charge is -2.24. The average Bonchev–Trinajstić information content (AvgIpc) is 3.29. The molecule has 2 aromatic rings. The van der Waals surface area contributed by atoms with Gasteiger partial charge in [0.05, 0.1) is 33.3 Å². The van der Waals surface area contributed by atoms with Crippen LogP contribution in [0, 0.1) is 5.41 Å². The molecule has 2 saturated heterocycles. The van der Waals surface area contributed by atoms with E-state index in [1.54, 1.807) is 27.7 Å². The number of rotatable bonds is 4. The summed E-state index contributed by atoms with van der Waals surface area (Å²) in [6.07, 6.45) is 3.83. The smallest absolute Gasteiger partial charge is 0.205 e. The number of hydrogen-bond acceptors (Lipinski definition) is 7. The summed E-state index contributed by atoms with van der Waals surface area (Å²) in [5.41, 5.74) is 0.992. The molecule has 4 rings (SSSR count). The van der Waals surface area contributed by atoms with Crippen molar-refractivity contribution in [1.82, 2.24) is 9.97 Å². The van der Waals surface area contributed by atoms with E-state index >= 15 is 0 Å². The lowest BCUT2D eigenvalue weighted by molar-refractivity contribution is 0.160. The van der Waals surface area contributed by atoms with Crippen LogP contribution in [0.2, 0.25) is 0 Å². The number of methoxy groups -OCH3 is 3. The molecule has 0 saturated carbocycles. The zero-order chi connectivity index (χ0) is 17.4. The second kappa shape index (κ2) is 6.22. The number of benzene rings is 1. The number of fused-ring (bicyclic) bond motifs is 1. The molecule has 2 fully saturated rings. The van der Waals surface area contributed by atoms with Gasteiger partial charge in [0.15, 0.2) is 11.5 Å². The fourth-order valence-corrected chi connectivity index (χ4v) is 3.99. The lowest BCUT2D eigenvalue weighted by Crippen LogP contribution is -2.28. The largest absolute Gasteiger partial charge is 0.493 e. The van der Waals surface area contributed by atoms with E-state index < -0.39 is 0 Å². The minimum atomic E-state index is 0.262. The van der Waals surface area contributed by atoms with Gasteiger partial charge < -0.3 is 23.8 Å². The Morgan fingerprint density at radius 1 is 1.08 bits per heavy atom. The summed E-state index contributed by atoms with van der Waals surface area (Å²) in [5.74, 6) is 2.64. The van der Waals surface area contributed by atoms with Crippen LogP contribution in [0.5, 0.6) is 17.2 Å². The molecule has 1 aromatic heterocycles. The van der Waals surface area contributed by atoms with E-state index in [1.807, 2.05) is 6.07 Å². The van der Waals surface area contributed by atoms with Crippen molar-refractivity contribution in [2.75, 3.05) is 52.5 Å². The lowest BCUT2D eigenvalue weighted by atomic mass is 9.87. The normalized spacial score (nSPS) is 22.8. The van der Waals surface area contributed by atoms with E-state index in [2.05, 4.69) is 14.9 Å². The molecule has 7 heteroatoms. The van der Waals surface area contributed by atoms with Crippen LogP contribution in [0.25, 0.3) is 10.9 Å². The van der Waals surface area contributed by atoms with E-state index in [0.717, 1.165) is 55.9 Å². The molecule has 0 aliphatic carbocycles. The molecule has 0 radical (unpaired) electrons. The average molecular weight is 345 g/mol. The van der Waals surface area contributed by atoms with Gasteiger partial charge in [0, 0.05) is 25.1 Å². The molecule has 1 aromatic carbocycles. The highest BCUT2D eigenvalue weighted by molar-refractivity contribution is 5.97. The Kier molecular flexibility index (Phi) is 4.03. The van der Waals surface area contributed by atoms with Crippen molar-refractivity contribution in [3.05, 3.63) is 12.4 Å². The molecule has 2 aliphatic rings. The second-order valence-electron chi connectivity index (χ2n) is 6.71. The Labute approximate surface area is 146 Å². The third-order valence-electron chi connectivity index (χ3n) is 5.33. The predicted octanol–water partition coefficient (Wildman–Crippen LogP) is 2.27. The van der Waals surface area contributed by atoms with E-state index in [4.69, 9.17) is 18.9 Å². The first kappa shape index (κ1) is 16.2. The number of anilines is 1. The Hall–Kier alpha value is -2.28. The summed E-state index contributed by atoms with van der Waals surface area (Å²) in [6, 6.07) is 1.93. The molecule has 134 valence electrons. The fraction of sp³-hybridized carbons (Fsp3) is 0.556. The Morgan fingerprint density at radius 2 is 1.92 bits per heavy atom. The first-order valence-electron chi connectivity index (χ1n) is 8.48. The highest BCUT2D eigenvalue weighted by atomic mass is 16.5. The molecule has 0 bridgehead atoms. The summed E-state index contributed by atoms with van der Waals surface area (Å²) in [5, 5.41) is 0.910. The molecule has 3 heterocycles. The van der Waals surface area contributed by atoms with Gasteiger partial charge in [-0.3, -0.25) is 0 Å². The maximum Gasteiger partial charge on any atom is 0.205 e. The third kappa shape index (κ3) is 2.54. The van der Waals surface area contributed by atoms with Crippen molar-refractivity contribution in [2.24, 2.45) is 5.41 Å². The minimum Gasteiger partial charge on any atom is -0.493 e. The molecule has 1 unspecified atom stereocenters. The van der Waals surface area contributed by atoms with Gasteiger partial charge in [-0.05, 0) is 18.9 Å². The molecule has 2 aliphatic heterocycles. The van der Waals surface area contributed by atoms with Gasteiger partial charge in [0.1, 0.15) is 17.7 Å². The Balaban J connectivity index is 1.82. The zero-order valence-corrected chi connectivity index (χ0v) is 14.9. The van der Waals surface area contributed by atoms with Gasteiger partial charge in [-0.1, -0.05) is 0 Å². The van der Waals surface area contributed by atoms with Crippen LogP contribution in [0.15, 0.2) is 12.4 Å². The molecule has 0 N–H and O–H groups in total. The van der Waals surface area contributed by atoms with Gasteiger partial charge in [-0.2, -0.15) is 0 Å². The van der Waals surface area contributed by atoms with Crippen molar-refractivity contribution >= 4 is 16.7 Å². The zero-order valence-electron chi connectivity index (χ0n) is 14.9. The van der Waals surface area contributed by atoms with Crippen LogP contribution >= 0.6 is 0 Å². The van der Waals surface area contributed by atoms with Crippen molar-refractivity contribution in [3.63, 3.8) is 0 Å². The van der Waals surface area contributed by atoms with Crippen molar-refractivity contribution in [2.45, 2.75) is 12.8 Å². The number of hydrogen-bond donors (Lipinski definition) is 0. The summed E-state index contributed by atoms with van der Waals surface area (Å²) in [7, 11) is 4.82. The molecule has 1 spiro atoms. The van der Waals surface area contributed by atoms with Crippen LogP contribution < -0.4 is 19.1 Å². The summed E-state index contributed by atoms with van der Waals surface area (Å²) < 4.78 is 22.2. The van der Waals surface area contributed by atoms with Crippen molar-refractivity contribution < 1.29 is 18.9 Å². The van der Waals surface area contributed by atoms with Crippen LogP contribution in [0.1, 0.15) is 12.8 Å². The molecular formula is C18H23N3O4. The molecule has 0 amide bonds. The first-order valence-corrected chi connectivity index (χ1v) is 8.48. The molecule has 1 atom stereocenters. The summed E-state index contributed by atoms with van der Waals surface area (Å²) in [4.78, 5) is 11.3. The van der Waals surface area contributed by atoms with Crippen LogP contribution in [-0.4, -0.2) is 57.6 Å². The number of nitrogens with zero attached hydrogens (tertiary/aromatic N) is 3. The topological polar surface area (TPSA) is 65.9 Å². The second-order valence-corrected chi connectivity index (χ2v) is 6.71. The first-order chi connectivity index (χ1) is 12.2. The van der Waals surface area contributed by atoms with E-state index in [9.17, 15) is 0 Å². The van der Waals surface area contributed by atoms with Crippen LogP contribution in [-0.2, 0) is 4.74 Å². The fourth-order valence-electron chi connectivity index (χ4n) is 3.99. The van der Waals surface area contributed by atoms with Gasteiger partial charge >= 0.3 is 0 Å². The molecule has 7 nitrogen and oxygen atoms in total. The van der Waals surface area contributed by atoms with E-state index in [-0.39, 0.29) is 5.41 Å². The highest BCUT2D eigenvalue weighted by Gasteiger charge is 2.42. The van der Waals surface area contributed by atoms with Gasteiger partial charge in [0.2, 0.25) is 5.75 Å². The maximum absolute atomic E-state index is 5.64. The van der Waals surface area contributed by atoms with Gasteiger partial charge in [-0.15, -0.1) is 0 Å². The van der Waals surface area contributed by atoms with Gasteiger partial charge in [-0.25, -0.2) is 9.97 Å². The molecule has 25 heavy (non-hydrogen) atoms. The summed E-state index contributed by atoms with van der Waals surface area (Å²) >= 11 is 0. The van der Waals surface area contributed by atoms with Crippen molar-refractivity contribution in [1.29, 1.82) is 0 Å². The Morgan fingerprint density at radius 3 is 2.60 bits per heavy atom. The SMILES string of the molecule is COc1cc2c(N3CCC4(CCOC4)C3)ncnc2c(OC)c1OC. The predicted molar refractivity (Wildman–Crippen MR) is 93.9 cm³/mol. The van der Waals surface area contributed by atoms with E-state index in [0.29, 0.717) is 17.2 Å². The van der Waals surface area contributed by atoms with Crippen molar-refractivity contribution in [3.8, 4) is 17.2 Å². The number of aromatic nitrogens is 2. The third-order valence-corrected chi connectivity index (χ3v) is 5.33. The van der Waals surface area contributed by atoms with Gasteiger partial charge in [0.25, 0.3) is 0 Å². The summed E-state index contributed by atoms with van der Waals surface area (Å²) in [6.45, 7) is 3.62. The minimum absolute atomic E-state index is 0.262. The maximum atomic E-state index is 5.64. The monoisotopic (exact) mass is 345 g/mol. The van der Waals surface area contributed by atoms with Crippen LogP contribution in [0.3, 0.4) is 0 Å². The van der Waals surface area contributed by atoms with Crippen LogP contribution in [0.4, 0.5) is 5.82 Å². The molecular weight excluding hydrogens is 322 g/mol. The standard InChI is InChI=1S/C18H23N3O4/c1-22-13-8-12-14(16(24-3)15(13)23-2)19-11-20-17(12)21-6-4-18(9-21)5-7-25-10-18/h8,11H,4-7,9-10H2,1-3H3.